The molecule has 8 nitrogen and oxygen atoms in total. The average molecular weight is 456 g/mol. The zero-order valence-corrected chi connectivity index (χ0v) is 18.8. The monoisotopic (exact) mass is 455 g/mol. The summed E-state index contributed by atoms with van der Waals surface area (Å²) in [5, 5.41) is 11.1. The third kappa shape index (κ3) is 4.47. The van der Waals surface area contributed by atoms with Crippen molar-refractivity contribution in [3.63, 3.8) is 0 Å². The minimum Gasteiger partial charge on any atom is -0.360 e. The van der Waals surface area contributed by atoms with E-state index >= 15 is 0 Å². The van der Waals surface area contributed by atoms with Gasteiger partial charge >= 0.3 is 0 Å². The highest BCUT2D eigenvalue weighted by Crippen LogP contribution is 2.24. The summed E-state index contributed by atoms with van der Waals surface area (Å²) in [6.45, 7) is 2.82. The maximum Gasteiger partial charge on any atom is 0.253 e. The van der Waals surface area contributed by atoms with E-state index < -0.39 is 0 Å². The predicted molar refractivity (Wildman–Crippen MR) is 127 cm³/mol. The summed E-state index contributed by atoms with van der Waals surface area (Å²) in [4.78, 5) is 27.6. The summed E-state index contributed by atoms with van der Waals surface area (Å²) in [6.07, 6.45) is 2.96. The second-order valence-corrected chi connectivity index (χ2v) is 8.42. The zero-order chi connectivity index (χ0) is 23.5. The van der Waals surface area contributed by atoms with Gasteiger partial charge in [-0.15, -0.1) is 0 Å². The van der Waals surface area contributed by atoms with E-state index in [0.29, 0.717) is 43.1 Å². The van der Waals surface area contributed by atoms with Gasteiger partial charge in [-0.05, 0) is 44.0 Å². The highest BCUT2D eigenvalue weighted by molar-refractivity contribution is 5.95. The first-order valence-electron chi connectivity index (χ1n) is 11.3. The van der Waals surface area contributed by atoms with Crippen molar-refractivity contribution in [3.8, 4) is 16.9 Å². The molecule has 3 heterocycles. The van der Waals surface area contributed by atoms with Crippen LogP contribution in [0.1, 0.15) is 29.0 Å². The molecule has 0 spiro atoms. The third-order valence-electron chi connectivity index (χ3n) is 6.08. The van der Waals surface area contributed by atoms with Crippen LogP contribution in [-0.2, 0) is 4.79 Å². The number of rotatable bonds is 5. The van der Waals surface area contributed by atoms with E-state index in [-0.39, 0.29) is 17.7 Å². The van der Waals surface area contributed by atoms with Crippen LogP contribution in [0.25, 0.3) is 16.9 Å². The van der Waals surface area contributed by atoms with Gasteiger partial charge in [0, 0.05) is 36.2 Å². The van der Waals surface area contributed by atoms with Crippen LogP contribution < -0.4 is 5.32 Å². The molecule has 0 aliphatic carbocycles. The van der Waals surface area contributed by atoms with E-state index in [1.807, 2.05) is 70.2 Å². The Morgan fingerprint density at radius 1 is 1.00 bits per heavy atom. The number of aryl methyl sites for hydroxylation is 1. The Kier molecular flexibility index (Phi) is 5.95. The number of hydrogen-bond acceptors (Lipinski definition) is 5. The van der Waals surface area contributed by atoms with Crippen molar-refractivity contribution in [2.24, 2.45) is 5.92 Å². The lowest BCUT2D eigenvalue weighted by Gasteiger charge is -2.31. The lowest BCUT2D eigenvalue weighted by Crippen LogP contribution is -2.41. The molecule has 0 radical (unpaired) electrons. The number of likely N-dealkylation sites (tertiary alicyclic amines) is 1. The summed E-state index contributed by atoms with van der Waals surface area (Å²) in [6, 6.07) is 21.2. The van der Waals surface area contributed by atoms with E-state index in [0.717, 1.165) is 16.9 Å². The Bertz CT molecular complexity index is 1300. The number of anilines is 1. The highest BCUT2D eigenvalue weighted by atomic mass is 16.5. The molecule has 1 aliphatic heterocycles. The van der Waals surface area contributed by atoms with E-state index in [1.54, 1.807) is 19.2 Å². The number of amides is 2. The van der Waals surface area contributed by atoms with Crippen LogP contribution in [0.4, 0.5) is 5.82 Å². The Morgan fingerprint density at radius 2 is 1.79 bits per heavy atom. The van der Waals surface area contributed by atoms with Gasteiger partial charge in [0.15, 0.2) is 5.82 Å². The number of benzene rings is 2. The quantitative estimate of drug-likeness (QED) is 0.484. The molecule has 1 fully saturated rings. The van der Waals surface area contributed by atoms with Gasteiger partial charge in [0.05, 0.1) is 17.6 Å². The molecule has 4 aromatic rings. The molecular weight excluding hydrogens is 430 g/mol. The molecule has 0 unspecified atom stereocenters. The molecule has 34 heavy (non-hydrogen) atoms. The van der Waals surface area contributed by atoms with E-state index in [9.17, 15) is 9.59 Å². The zero-order valence-electron chi connectivity index (χ0n) is 18.8. The smallest absolute Gasteiger partial charge is 0.253 e. The topological polar surface area (TPSA) is 93.3 Å². The van der Waals surface area contributed by atoms with Crippen LogP contribution in [0.2, 0.25) is 0 Å². The normalized spacial score (nSPS) is 14.2. The SMILES string of the molecule is Cc1cc(NC(=O)C2CCN(C(=O)c3cccc(-n4nccc4-c4ccccc4)c3)CC2)no1. The van der Waals surface area contributed by atoms with Crippen molar-refractivity contribution >= 4 is 17.6 Å². The highest BCUT2D eigenvalue weighted by Gasteiger charge is 2.28. The largest absolute Gasteiger partial charge is 0.360 e. The third-order valence-corrected chi connectivity index (χ3v) is 6.08. The number of aromatic nitrogens is 3. The van der Waals surface area contributed by atoms with Gasteiger partial charge < -0.3 is 14.7 Å². The van der Waals surface area contributed by atoms with Gasteiger partial charge in [0.25, 0.3) is 5.91 Å². The van der Waals surface area contributed by atoms with Crippen molar-refractivity contribution in [1.82, 2.24) is 19.8 Å². The Labute approximate surface area is 197 Å². The van der Waals surface area contributed by atoms with Gasteiger partial charge in [-0.25, -0.2) is 4.68 Å². The van der Waals surface area contributed by atoms with E-state index in [1.165, 1.54) is 0 Å². The Hall–Kier alpha value is -4.20. The van der Waals surface area contributed by atoms with Crippen molar-refractivity contribution in [3.05, 3.63) is 84.3 Å². The molecular formula is C26H25N5O3. The number of carbonyl (C=O) groups is 2. The lowest BCUT2D eigenvalue weighted by molar-refractivity contribution is -0.121. The van der Waals surface area contributed by atoms with Crippen LogP contribution in [0.15, 0.2) is 77.4 Å². The molecule has 172 valence electrons. The van der Waals surface area contributed by atoms with Crippen molar-refractivity contribution < 1.29 is 14.1 Å². The van der Waals surface area contributed by atoms with Crippen molar-refractivity contribution in [2.45, 2.75) is 19.8 Å². The van der Waals surface area contributed by atoms with Crippen molar-refractivity contribution in [2.75, 3.05) is 18.4 Å². The molecule has 5 rings (SSSR count). The Morgan fingerprint density at radius 3 is 2.53 bits per heavy atom. The first kappa shape index (κ1) is 21.6. The number of hydrogen-bond donors (Lipinski definition) is 1. The van der Waals surface area contributed by atoms with Gasteiger partial charge in [-0.2, -0.15) is 5.10 Å². The average Bonchev–Trinajstić information content (AvgIpc) is 3.53. The summed E-state index contributed by atoms with van der Waals surface area (Å²) in [5.74, 6) is 0.774. The number of nitrogens with zero attached hydrogens (tertiary/aromatic N) is 4. The van der Waals surface area contributed by atoms with Gasteiger partial charge in [-0.1, -0.05) is 41.6 Å². The first-order chi connectivity index (χ1) is 16.6. The predicted octanol–water partition coefficient (Wildman–Crippen LogP) is 4.33. The molecule has 2 aromatic heterocycles. The second-order valence-electron chi connectivity index (χ2n) is 8.42. The number of piperidine rings is 1. The fourth-order valence-electron chi connectivity index (χ4n) is 4.29. The first-order valence-corrected chi connectivity index (χ1v) is 11.3. The van der Waals surface area contributed by atoms with Crippen LogP contribution >= 0.6 is 0 Å². The van der Waals surface area contributed by atoms with Crippen molar-refractivity contribution in [1.29, 1.82) is 0 Å². The number of carbonyl (C=O) groups excluding carboxylic acids is 2. The summed E-state index contributed by atoms with van der Waals surface area (Å²) >= 11 is 0. The molecule has 1 saturated heterocycles. The maximum atomic E-state index is 13.2. The summed E-state index contributed by atoms with van der Waals surface area (Å²) < 4.78 is 6.84. The molecule has 0 bridgehead atoms. The minimum atomic E-state index is -0.162. The van der Waals surface area contributed by atoms with Gasteiger partial charge in [0.2, 0.25) is 5.91 Å². The van der Waals surface area contributed by atoms with Gasteiger partial charge in [-0.3, -0.25) is 9.59 Å². The molecule has 1 N–H and O–H groups in total. The molecule has 0 atom stereocenters. The minimum absolute atomic E-state index is 0.0405. The van der Waals surface area contributed by atoms with E-state index in [2.05, 4.69) is 15.6 Å². The summed E-state index contributed by atoms with van der Waals surface area (Å²) in [7, 11) is 0. The van der Waals surface area contributed by atoms with Crippen LogP contribution in [-0.4, -0.2) is 44.7 Å². The Balaban J connectivity index is 1.26. The lowest BCUT2D eigenvalue weighted by atomic mass is 9.95. The van der Waals surface area contributed by atoms with E-state index in [4.69, 9.17) is 4.52 Å². The second kappa shape index (κ2) is 9.35. The molecule has 8 heteroatoms. The molecule has 1 aliphatic rings. The summed E-state index contributed by atoms with van der Waals surface area (Å²) in [5.41, 5.74) is 3.44. The molecule has 2 amide bonds. The van der Waals surface area contributed by atoms with Crippen LogP contribution in [0.5, 0.6) is 0 Å². The van der Waals surface area contributed by atoms with Gasteiger partial charge in [0.1, 0.15) is 5.76 Å². The number of nitrogens with one attached hydrogen (secondary N) is 1. The maximum absolute atomic E-state index is 13.2. The molecule has 2 aromatic carbocycles. The fourth-order valence-corrected chi connectivity index (χ4v) is 4.29. The van der Waals surface area contributed by atoms with Crippen LogP contribution in [0, 0.1) is 12.8 Å². The fraction of sp³-hybridized carbons (Fsp3) is 0.231. The standard InChI is InChI=1S/C26H25N5O3/c1-18-16-24(29-34-18)28-25(32)20-11-14-30(15-12-20)26(33)21-8-5-9-22(17-21)31-23(10-13-27-31)19-6-3-2-4-7-19/h2-10,13,16-17,20H,11-12,14-15H2,1H3,(H,28,29,32). The van der Waals surface area contributed by atoms with Crippen LogP contribution in [0.3, 0.4) is 0 Å². The molecule has 0 saturated carbocycles.